The van der Waals surface area contributed by atoms with E-state index in [1.54, 1.807) is 18.2 Å². The van der Waals surface area contributed by atoms with Gasteiger partial charge in [-0.25, -0.2) is 9.78 Å². The highest BCUT2D eigenvalue weighted by Gasteiger charge is 2.36. The number of pyridine rings is 1. The van der Waals surface area contributed by atoms with Crippen LogP contribution in [-0.2, 0) is 6.18 Å². The van der Waals surface area contributed by atoms with Crippen molar-refractivity contribution in [1.29, 1.82) is 0 Å². The first-order valence-corrected chi connectivity index (χ1v) is 6.18. The summed E-state index contributed by atoms with van der Waals surface area (Å²) in [6.07, 6.45) is -4.97. The number of hydrogen-bond acceptors (Lipinski definition) is 4. The molecule has 0 spiro atoms. The number of nitrogens with two attached hydrogens (primary N) is 1. The molecule has 0 unspecified atom stereocenters. The van der Waals surface area contributed by atoms with Crippen LogP contribution >= 0.6 is 0 Å². The Morgan fingerprint density at radius 3 is 2.39 bits per heavy atom. The molecular formula is C14H10F3N3O3. The molecule has 0 radical (unpaired) electrons. The lowest BCUT2D eigenvalue weighted by Crippen LogP contribution is -2.22. The Bertz CT molecular complexity index is 733. The van der Waals surface area contributed by atoms with Gasteiger partial charge in [-0.2, -0.15) is 13.2 Å². The molecule has 0 saturated carbocycles. The average molecular weight is 325 g/mol. The number of benzene rings is 1. The molecule has 0 fully saturated rings. The highest BCUT2D eigenvalue weighted by Crippen LogP contribution is 2.32. The van der Waals surface area contributed by atoms with Crippen molar-refractivity contribution >= 4 is 17.7 Å². The van der Waals surface area contributed by atoms with Crippen LogP contribution in [-0.4, -0.2) is 17.0 Å². The summed E-state index contributed by atoms with van der Waals surface area (Å²) >= 11 is 0. The van der Waals surface area contributed by atoms with Gasteiger partial charge in [0.05, 0.1) is 17.4 Å². The zero-order valence-electron chi connectivity index (χ0n) is 11.4. The number of nitrogens with one attached hydrogen (secondary N) is 1. The van der Waals surface area contributed by atoms with Gasteiger partial charge >= 0.3 is 12.3 Å². The van der Waals surface area contributed by atoms with E-state index >= 15 is 0 Å². The van der Waals surface area contributed by atoms with Crippen molar-refractivity contribution in [2.45, 2.75) is 6.18 Å². The number of carbonyl (C=O) groups excluding carboxylic acids is 2. The zero-order valence-corrected chi connectivity index (χ0v) is 11.4. The summed E-state index contributed by atoms with van der Waals surface area (Å²) in [5.41, 5.74) is 2.29. The van der Waals surface area contributed by atoms with Gasteiger partial charge in [-0.1, -0.05) is 18.2 Å². The Morgan fingerprint density at radius 2 is 1.83 bits per heavy atom. The lowest BCUT2D eigenvalue weighted by molar-refractivity contribution is -0.138. The number of nitrogens with zero attached hydrogens (tertiary/aromatic N) is 1. The third-order valence-corrected chi connectivity index (χ3v) is 2.63. The Morgan fingerprint density at radius 1 is 1.17 bits per heavy atom. The minimum Gasteiger partial charge on any atom is -0.410 e. The number of hydrogen-bond donors (Lipinski definition) is 2. The Labute approximate surface area is 128 Å². The molecule has 1 aromatic heterocycles. The maximum atomic E-state index is 12.9. The fraction of sp³-hybridized carbons (Fsp3) is 0.0714. The van der Waals surface area contributed by atoms with Crippen LogP contribution in [0.25, 0.3) is 0 Å². The van der Waals surface area contributed by atoms with Gasteiger partial charge in [0.2, 0.25) is 0 Å². The first kappa shape index (κ1) is 16.3. The van der Waals surface area contributed by atoms with Crippen LogP contribution in [0.4, 0.5) is 23.7 Å². The number of halogens is 3. The van der Waals surface area contributed by atoms with E-state index in [9.17, 15) is 22.8 Å². The summed E-state index contributed by atoms with van der Waals surface area (Å²) in [5.74, 6) is -1.11. The highest BCUT2D eigenvalue weighted by molar-refractivity contribution is 5.93. The largest absolute Gasteiger partial charge is 0.418 e. The number of rotatable bonds is 3. The molecule has 0 aliphatic carbocycles. The van der Waals surface area contributed by atoms with E-state index in [-0.39, 0.29) is 11.4 Å². The molecule has 120 valence electrons. The maximum Gasteiger partial charge on any atom is 0.418 e. The summed E-state index contributed by atoms with van der Waals surface area (Å²) in [6.45, 7) is 0. The molecule has 23 heavy (non-hydrogen) atoms. The topological polar surface area (TPSA) is 94.3 Å². The van der Waals surface area contributed by atoms with Crippen molar-refractivity contribution in [2.75, 3.05) is 5.32 Å². The molecule has 0 saturated heterocycles. The molecule has 1 aromatic carbocycles. The minimum atomic E-state index is -4.85. The number of primary amides is 1. The molecule has 0 atom stereocenters. The second kappa shape index (κ2) is 6.34. The molecule has 0 aliphatic heterocycles. The van der Waals surface area contributed by atoms with Gasteiger partial charge in [-0.15, -0.1) is 0 Å². The van der Waals surface area contributed by atoms with Crippen molar-refractivity contribution < 1.29 is 27.5 Å². The van der Waals surface area contributed by atoms with Gasteiger partial charge in [0.1, 0.15) is 11.4 Å². The summed E-state index contributed by atoms with van der Waals surface area (Å²) in [4.78, 5) is 26.0. The first-order chi connectivity index (χ1) is 10.8. The van der Waals surface area contributed by atoms with Crippen LogP contribution in [0.2, 0.25) is 0 Å². The predicted octanol–water partition coefficient (Wildman–Crippen LogP) is 2.81. The predicted molar refractivity (Wildman–Crippen MR) is 73.8 cm³/mol. The molecule has 2 rings (SSSR count). The number of anilines is 1. The van der Waals surface area contributed by atoms with Gasteiger partial charge in [0.15, 0.2) is 0 Å². The Hall–Kier alpha value is -3.10. The fourth-order valence-corrected chi connectivity index (χ4v) is 1.68. The quantitative estimate of drug-likeness (QED) is 0.907. The summed E-state index contributed by atoms with van der Waals surface area (Å²) in [6, 6.07) is 8.48. The number of ether oxygens (including phenoxy) is 1. The van der Waals surface area contributed by atoms with Gasteiger partial charge in [0, 0.05) is 0 Å². The van der Waals surface area contributed by atoms with Crippen LogP contribution < -0.4 is 15.8 Å². The first-order valence-electron chi connectivity index (χ1n) is 6.18. The van der Waals surface area contributed by atoms with Gasteiger partial charge in [0.25, 0.3) is 5.91 Å². The van der Waals surface area contributed by atoms with Crippen LogP contribution in [0.5, 0.6) is 5.75 Å². The smallest absolute Gasteiger partial charge is 0.410 e. The standard InChI is InChI=1S/C14H10F3N3O3/c15-14(16,17)10-6-8(7-19-11(10)12(18)21)20-13(22)23-9-4-2-1-3-5-9/h1-7H,(H2,18,21)(H,20,22). The molecule has 2 amide bonds. The van der Waals surface area contributed by atoms with Crippen LogP contribution in [0.15, 0.2) is 42.6 Å². The van der Waals surface area contributed by atoms with E-state index in [0.29, 0.717) is 6.07 Å². The molecule has 6 nitrogen and oxygen atoms in total. The molecular weight excluding hydrogens is 315 g/mol. The molecule has 0 aliphatic rings. The van der Waals surface area contributed by atoms with E-state index in [1.165, 1.54) is 12.1 Å². The molecule has 3 N–H and O–H groups in total. The normalized spacial score (nSPS) is 10.9. The fourth-order valence-electron chi connectivity index (χ4n) is 1.68. The second-order valence-electron chi connectivity index (χ2n) is 4.31. The van der Waals surface area contributed by atoms with Crippen LogP contribution in [0.3, 0.4) is 0 Å². The van der Waals surface area contributed by atoms with Crippen LogP contribution in [0.1, 0.15) is 16.1 Å². The van der Waals surface area contributed by atoms with Crippen molar-refractivity contribution in [3.05, 3.63) is 53.9 Å². The van der Waals surface area contributed by atoms with Gasteiger partial charge in [-0.05, 0) is 18.2 Å². The maximum absolute atomic E-state index is 12.9. The Balaban J connectivity index is 2.20. The van der Waals surface area contributed by atoms with Gasteiger partial charge in [-0.3, -0.25) is 10.1 Å². The summed E-state index contributed by atoms with van der Waals surface area (Å²) in [7, 11) is 0. The number of aromatic nitrogens is 1. The van der Waals surface area contributed by atoms with E-state index in [4.69, 9.17) is 10.5 Å². The average Bonchev–Trinajstić information content (AvgIpc) is 2.47. The lowest BCUT2D eigenvalue weighted by atomic mass is 10.1. The third-order valence-electron chi connectivity index (χ3n) is 2.63. The van der Waals surface area contributed by atoms with E-state index in [0.717, 1.165) is 6.20 Å². The molecule has 1 heterocycles. The molecule has 0 bridgehead atoms. The van der Waals surface area contributed by atoms with Crippen LogP contribution in [0, 0.1) is 0 Å². The number of carbonyl (C=O) groups is 2. The molecule has 2 aromatic rings. The monoisotopic (exact) mass is 325 g/mol. The molecule has 9 heteroatoms. The third kappa shape index (κ3) is 4.19. The SMILES string of the molecule is NC(=O)c1ncc(NC(=O)Oc2ccccc2)cc1C(F)(F)F. The number of alkyl halides is 3. The van der Waals surface area contributed by atoms with Crippen molar-refractivity contribution in [1.82, 2.24) is 4.98 Å². The van der Waals surface area contributed by atoms with E-state index < -0.39 is 29.4 Å². The van der Waals surface area contributed by atoms with Crippen molar-refractivity contribution in [2.24, 2.45) is 5.73 Å². The second-order valence-corrected chi connectivity index (χ2v) is 4.31. The minimum absolute atomic E-state index is 0.211. The van der Waals surface area contributed by atoms with E-state index in [1.807, 2.05) is 0 Å². The van der Waals surface area contributed by atoms with E-state index in [2.05, 4.69) is 10.3 Å². The highest BCUT2D eigenvalue weighted by atomic mass is 19.4. The summed E-state index contributed by atoms with van der Waals surface area (Å²) < 4.78 is 43.5. The number of para-hydroxylation sites is 1. The number of amides is 2. The van der Waals surface area contributed by atoms with Gasteiger partial charge < -0.3 is 10.5 Å². The zero-order chi connectivity index (χ0) is 17.0. The summed E-state index contributed by atoms with van der Waals surface area (Å²) in [5, 5.41) is 2.09. The van der Waals surface area contributed by atoms with Crippen molar-refractivity contribution in [3.8, 4) is 5.75 Å². The van der Waals surface area contributed by atoms with Crippen molar-refractivity contribution in [3.63, 3.8) is 0 Å². The Kier molecular flexibility index (Phi) is 4.49. The lowest BCUT2D eigenvalue weighted by Gasteiger charge is -2.12.